The summed E-state index contributed by atoms with van der Waals surface area (Å²) in [4.78, 5) is 4.14. The molecule has 0 amide bonds. The van der Waals surface area contributed by atoms with Gasteiger partial charge in [0.15, 0.2) is 0 Å². The zero-order valence-corrected chi connectivity index (χ0v) is 11.2. The Morgan fingerprint density at radius 1 is 1.53 bits per heavy atom. The van der Waals surface area contributed by atoms with Crippen molar-refractivity contribution in [1.29, 1.82) is 5.41 Å². The van der Waals surface area contributed by atoms with Gasteiger partial charge in [-0.25, -0.2) is 0 Å². The molecule has 2 atom stereocenters. The van der Waals surface area contributed by atoms with Gasteiger partial charge >= 0.3 is 0 Å². The van der Waals surface area contributed by atoms with Crippen molar-refractivity contribution in [1.82, 2.24) is 0 Å². The third-order valence-electron chi connectivity index (χ3n) is 3.27. The van der Waals surface area contributed by atoms with Gasteiger partial charge in [0.25, 0.3) is 0 Å². The molecule has 0 saturated carbocycles. The lowest BCUT2D eigenvalue weighted by Crippen LogP contribution is -2.16. The van der Waals surface area contributed by atoms with Gasteiger partial charge in [-0.2, -0.15) is 0 Å². The summed E-state index contributed by atoms with van der Waals surface area (Å²) in [6.45, 7) is 8.24. The van der Waals surface area contributed by atoms with Crippen molar-refractivity contribution in [2.45, 2.75) is 46.1 Å². The molecule has 3 heteroatoms. The summed E-state index contributed by atoms with van der Waals surface area (Å²) in [6, 6.07) is 0. The fraction of sp³-hybridized carbons (Fsp3) is 0.571. The van der Waals surface area contributed by atoms with E-state index in [0.29, 0.717) is 11.4 Å². The van der Waals surface area contributed by atoms with Crippen LogP contribution < -0.4 is 5.73 Å². The van der Waals surface area contributed by atoms with Crippen LogP contribution in [-0.2, 0) is 0 Å². The van der Waals surface area contributed by atoms with E-state index in [0.717, 1.165) is 18.4 Å². The molecule has 0 fully saturated rings. The molecule has 0 aromatic heterocycles. The summed E-state index contributed by atoms with van der Waals surface area (Å²) in [5, 5.41) is 8.13. The highest BCUT2D eigenvalue weighted by molar-refractivity contribution is 6.00. The van der Waals surface area contributed by atoms with E-state index in [1.165, 1.54) is 0 Å². The van der Waals surface area contributed by atoms with Crippen molar-refractivity contribution in [3.05, 3.63) is 23.4 Å². The molecule has 3 nitrogen and oxygen atoms in total. The average molecular weight is 233 g/mol. The molecule has 1 rings (SSSR count). The average Bonchev–Trinajstić information content (AvgIpc) is 3.05. The third kappa shape index (κ3) is 3.55. The van der Waals surface area contributed by atoms with Gasteiger partial charge in [-0.05, 0) is 43.4 Å². The highest BCUT2D eigenvalue weighted by Gasteiger charge is 2.26. The van der Waals surface area contributed by atoms with E-state index >= 15 is 0 Å². The summed E-state index contributed by atoms with van der Waals surface area (Å²) < 4.78 is 0. The molecule has 1 aliphatic heterocycles. The minimum absolute atomic E-state index is 0.123. The Morgan fingerprint density at radius 2 is 2.12 bits per heavy atom. The lowest BCUT2D eigenvalue weighted by molar-refractivity contribution is 0.730. The molecule has 1 heterocycles. The first kappa shape index (κ1) is 13.7. The SMILES string of the molecule is CC/C(C(=N)C(C)CC)=C(N)\C=C/C1(C)C=N1. The highest BCUT2D eigenvalue weighted by Crippen LogP contribution is 2.22. The number of hydrogen-bond donors (Lipinski definition) is 2. The Morgan fingerprint density at radius 3 is 2.53 bits per heavy atom. The number of nitrogens with zero attached hydrogens (tertiary/aromatic N) is 1. The van der Waals surface area contributed by atoms with Gasteiger partial charge < -0.3 is 11.1 Å². The van der Waals surface area contributed by atoms with Crippen LogP contribution in [0.5, 0.6) is 0 Å². The summed E-state index contributed by atoms with van der Waals surface area (Å²) in [7, 11) is 0. The molecular weight excluding hydrogens is 210 g/mol. The van der Waals surface area contributed by atoms with Gasteiger partial charge in [0.1, 0.15) is 5.54 Å². The van der Waals surface area contributed by atoms with Crippen molar-refractivity contribution in [3.63, 3.8) is 0 Å². The van der Waals surface area contributed by atoms with Crippen LogP contribution in [0.3, 0.4) is 0 Å². The van der Waals surface area contributed by atoms with E-state index in [2.05, 4.69) is 18.8 Å². The number of nitrogens with one attached hydrogen (secondary N) is 1. The standard InChI is InChI=1S/C14H23N3/c1-5-10(3)13(16)11(6-2)12(15)7-8-14(4)9-17-14/h7-10,16H,5-6,15H2,1-4H3/b8-7-,12-11-,16-13?. The molecule has 0 aromatic carbocycles. The molecule has 0 saturated heterocycles. The first-order valence-corrected chi connectivity index (χ1v) is 6.26. The number of aliphatic imine (C=N–C) groups is 1. The van der Waals surface area contributed by atoms with Crippen molar-refractivity contribution in [2.75, 3.05) is 0 Å². The van der Waals surface area contributed by atoms with Crippen LogP contribution in [0.15, 0.2) is 28.4 Å². The van der Waals surface area contributed by atoms with E-state index in [1.54, 1.807) is 0 Å². The predicted molar refractivity (Wildman–Crippen MR) is 74.7 cm³/mol. The summed E-state index contributed by atoms with van der Waals surface area (Å²) in [5.74, 6) is 0.268. The summed E-state index contributed by atoms with van der Waals surface area (Å²) in [6.07, 6.45) is 7.55. The lowest BCUT2D eigenvalue weighted by atomic mass is 9.93. The van der Waals surface area contributed by atoms with Crippen LogP contribution in [0.1, 0.15) is 40.5 Å². The van der Waals surface area contributed by atoms with Crippen LogP contribution in [0.25, 0.3) is 0 Å². The molecule has 0 aromatic rings. The van der Waals surface area contributed by atoms with Crippen molar-refractivity contribution < 1.29 is 0 Å². The van der Waals surface area contributed by atoms with E-state index in [1.807, 2.05) is 32.2 Å². The van der Waals surface area contributed by atoms with Crippen LogP contribution in [0.4, 0.5) is 0 Å². The molecule has 0 bridgehead atoms. The molecule has 0 spiro atoms. The second kappa shape index (κ2) is 5.30. The van der Waals surface area contributed by atoms with Crippen LogP contribution >= 0.6 is 0 Å². The molecule has 94 valence electrons. The maximum absolute atomic E-state index is 8.13. The molecule has 17 heavy (non-hydrogen) atoms. The zero-order valence-electron chi connectivity index (χ0n) is 11.2. The van der Waals surface area contributed by atoms with Gasteiger partial charge in [-0.1, -0.05) is 20.8 Å². The predicted octanol–water partition coefficient (Wildman–Crippen LogP) is 3.07. The quantitative estimate of drug-likeness (QED) is 0.537. The Balaban J connectivity index is 2.82. The number of hydrogen-bond acceptors (Lipinski definition) is 3. The first-order valence-electron chi connectivity index (χ1n) is 6.26. The minimum atomic E-state index is -0.123. The Labute approximate surface area is 104 Å². The summed E-state index contributed by atoms with van der Waals surface area (Å²) in [5.41, 5.74) is 8.26. The van der Waals surface area contributed by atoms with Gasteiger partial charge in [-0.15, -0.1) is 0 Å². The smallest absolute Gasteiger partial charge is 0.111 e. The van der Waals surface area contributed by atoms with Crippen LogP contribution in [0.2, 0.25) is 0 Å². The normalized spacial score (nSPS) is 25.9. The van der Waals surface area contributed by atoms with Gasteiger partial charge in [-0.3, -0.25) is 4.99 Å². The van der Waals surface area contributed by atoms with E-state index in [-0.39, 0.29) is 11.5 Å². The number of allylic oxidation sites excluding steroid dienone is 2. The second-order valence-corrected chi connectivity index (χ2v) is 4.83. The van der Waals surface area contributed by atoms with E-state index < -0.39 is 0 Å². The maximum atomic E-state index is 8.13. The third-order valence-corrected chi connectivity index (χ3v) is 3.27. The molecular formula is C14H23N3. The fourth-order valence-electron chi connectivity index (χ4n) is 1.60. The molecule has 2 unspecified atom stereocenters. The Hall–Kier alpha value is -1.38. The van der Waals surface area contributed by atoms with Gasteiger partial charge in [0, 0.05) is 17.6 Å². The Kier molecular flexibility index (Phi) is 4.27. The molecule has 1 aliphatic rings. The number of nitrogens with two attached hydrogens (primary N) is 1. The first-order chi connectivity index (χ1) is 7.93. The minimum Gasteiger partial charge on any atom is -0.398 e. The van der Waals surface area contributed by atoms with E-state index in [4.69, 9.17) is 11.1 Å². The van der Waals surface area contributed by atoms with Crippen molar-refractivity contribution in [3.8, 4) is 0 Å². The molecule has 0 aliphatic carbocycles. The van der Waals surface area contributed by atoms with Crippen molar-refractivity contribution >= 4 is 11.9 Å². The Bertz CT molecular complexity index is 382. The van der Waals surface area contributed by atoms with Crippen LogP contribution in [-0.4, -0.2) is 17.5 Å². The molecule has 3 N–H and O–H groups in total. The monoisotopic (exact) mass is 233 g/mol. The van der Waals surface area contributed by atoms with E-state index in [9.17, 15) is 0 Å². The van der Waals surface area contributed by atoms with Gasteiger partial charge in [0.05, 0.1) is 0 Å². The maximum Gasteiger partial charge on any atom is 0.111 e. The fourth-order valence-corrected chi connectivity index (χ4v) is 1.60. The second-order valence-electron chi connectivity index (χ2n) is 4.83. The van der Waals surface area contributed by atoms with Crippen LogP contribution in [0, 0.1) is 11.3 Å². The van der Waals surface area contributed by atoms with Crippen molar-refractivity contribution in [2.24, 2.45) is 16.6 Å². The number of rotatable bonds is 6. The molecule has 0 radical (unpaired) electrons. The summed E-state index contributed by atoms with van der Waals surface area (Å²) >= 11 is 0. The largest absolute Gasteiger partial charge is 0.398 e. The topological polar surface area (TPSA) is 62.2 Å². The van der Waals surface area contributed by atoms with Gasteiger partial charge in [0.2, 0.25) is 0 Å². The zero-order chi connectivity index (χ0) is 13.1. The lowest BCUT2D eigenvalue weighted by Gasteiger charge is -2.15. The highest BCUT2D eigenvalue weighted by atomic mass is 15.0.